The van der Waals surface area contributed by atoms with Crippen LogP contribution in [0, 0.1) is 5.92 Å². The number of methoxy groups -OCH3 is 1. The summed E-state index contributed by atoms with van der Waals surface area (Å²) in [5.41, 5.74) is 0.0453. The summed E-state index contributed by atoms with van der Waals surface area (Å²) in [7, 11) is -4.00. The second-order valence-corrected chi connectivity index (χ2v) is 7.30. The van der Waals surface area contributed by atoms with Gasteiger partial charge in [-0.1, -0.05) is 6.92 Å². The third kappa shape index (κ3) is 3.40. The highest BCUT2D eigenvalue weighted by Crippen LogP contribution is 2.24. The summed E-state index contributed by atoms with van der Waals surface area (Å²) in [6.45, 7) is 3.09. The molecule has 0 aromatic heterocycles. The number of ether oxygens (including phenoxy) is 1. The predicted octanol–water partition coefficient (Wildman–Crippen LogP) is -0.204. The normalized spacial score (nSPS) is 17.7. The molecule has 1 heterocycles. The number of hydrogen-bond acceptors (Lipinski definition) is 5. The van der Waals surface area contributed by atoms with Crippen LogP contribution in [-0.4, -0.2) is 50.1 Å². The van der Waals surface area contributed by atoms with Gasteiger partial charge in [-0.15, -0.1) is 0 Å². The molecule has 0 radical (unpaired) electrons. The molecular weight excluding hydrogens is 293 g/mol. The van der Waals surface area contributed by atoms with Crippen LogP contribution in [-0.2, 0) is 10.0 Å². The summed E-state index contributed by atoms with van der Waals surface area (Å²) in [5.74, 6) is 0.776. The zero-order valence-corrected chi connectivity index (χ0v) is 13.0. The van der Waals surface area contributed by atoms with Gasteiger partial charge in [-0.25, -0.2) is 8.42 Å². The molecule has 0 spiro atoms. The maximum Gasteiger partial charge on any atom is 0.492 e. The van der Waals surface area contributed by atoms with E-state index in [1.165, 1.54) is 29.6 Å². The number of sulfonamides is 1. The van der Waals surface area contributed by atoms with Gasteiger partial charge in [-0.3, -0.25) is 0 Å². The van der Waals surface area contributed by atoms with Crippen LogP contribution < -0.4 is 10.2 Å². The van der Waals surface area contributed by atoms with Gasteiger partial charge in [0.15, 0.2) is 0 Å². The lowest BCUT2D eigenvalue weighted by Crippen LogP contribution is -2.39. The van der Waals surface area contributed by atoms with Crippen LogP contribution in [0.25, 0.3) is 0 Å². The highest BCUT2D eigenvalue weighted by molar-refractivity contribution is 7.89. The third-order valence-corrected chi connectivity index (χ3v) is 5.75. The molecule has 1 aromatic rings. The number of nitrogens with zero attached hydrogens (tertiary/aromatic N) is 1. The topological polar surface area (TPSA) is 87.1 Å². The van der Waals surface area contributed by atoms with Crippen LogP contribution in [0.2, 0.25) is 0 Å². The zero-order valence-electron chi connectivity index (χ0n) is 12.2. The number of piperidine rings is 1. The highest BCUT2D eigenvalue weighted by atomic mass is 32.2. The lowest BCUT2D eigenvalue weighted by Gasteiger charge is -2.29. The molecule has 1 aromatic carbocycles. The van der Waals surface area contributed by atoms with E-state index in [0.29, 0.717) is 19.0 Å². The van der Waals surface area contributed by atoms with Gasteiger partial charge in [-0.05, 0) is 37.0 Å². The van der Waals surface area contributed by atoms with E-state index < -0.39 is 17.1 Å². The van der Waals surface area contributed by atoms with Gasteiger partial charge in [0, 0.05) is 18.6 Å². The third-order valence-electron chi connectivity index (χ3n) is 3.86. The van der Waals surface area contributed by atoms with Crippen LogP contribution in [0.1, 0.15) is 19.8 Å². The average molecular weight is 313 g/mol. The van der Waals surface area contributed by atoms with Crippen molar-refractivity contribution in [2.75, 3.05) is 20.2 Å². The summed E-state index contributed by atoms with van der Waals surface area (Å²) in [4.78, 5) is 0.0564. The Balaban J connectivity index is 2.34. The quantitative estimate of drug-likeness (QED) is 0.752. The predicted molar refractivity (Wildman–Crippen MR) is 80.0 cm³/mol. The van der Waals surface area contributed by atoms with Gasteiger partial charge in [0.05, 0.1) is 12.0 Å². The van der Waals surface area contributed by atoms with E-state index in [1.807, 2.05) is 0 Å². The first-order valence-electron chi connectivity index (χ1n) is 6.90. The Morgan fingerprint density at radius 3 is 2.43 bits per heavy atom. The summed E-state index contributed by atoms with van der Waals surface area (Å²) >= 11 is 0. The first kappa shape index (κ1) is 16.3. The molecule has 2 rings (SSSR count). The average Bonchev–Trinajstić information content (AvgIpc) is 2.46. The van der Waals surface area contributed by atoms with Crippen molar-refractivity contribution < 1.29 is 23.2 Å². The molecule has 1 fully saturated rings. The lowest BCUT2D eigenvalue weighted by atomic mass is 9.79. The van der Waals surface area contributed by atoms with Gasteiger partial charge in [0.1, 0.15) is 5.75 Å². The Bertz CT molecular complexity index is 597. The van der Waals surface area contributed by atoms with E-state index >= 15 is 0 Å². The van der Waals surface area contributed by atoms with E-state index in [-0.39, 0.29) is 16.1 Å². The Hall–Kier alpha value is -1.09. The molecular formula is C13H20BNO5S. The minimum Gasteiger partial charge on any atom is -0.497 e. The summed E-state index contributed by atoms with van der Waals surface area (Å²) in [5, 5.41) is 18.7. The SMILES string of the molecule is COc1ccc(S(=O)(=O)N2CCC(C)CC2)cc1B(O)O. The smallest absolute Gasteiger partial charge is 0.492 e. The van der Waals surface area contributed by atoms with Gasteiger partial charge in [-0.2, -0.15) is 4.31 Å². The van der Waals surface area contributed by atoms with Gasteiger partial charge in [0.2, 0.25) is 10.0 Å². The molecule has 6 nitrogen and oxygen atoms in total. The Morgan fingerprint density at radius 1 is 1.29 bits per heavy atom. The van der Waals surface area contributed by atoms with E-state index in [0.717, 1.165) is 12.8 Å². The molecule has 0 bridgehead atoms. The van der Waals surface area contributed by atoms with Gasteiger partial charge in [0.25, 0.3) is 0 Å². The fraction of sp³-hybridized carbons (Fsp3) is 0.538. The number of hydrogen-bond donors (Lipinski definition) is 2. The van der Waals surface area contributed by atoms with Crippen LogP contribution in [0.3, 0.4) is 0 Å². The van der Waals surface area contributed by atoms with Crippen molar-refractivity contribution in [3.05, 3.63) is 18.2 Å². The molecule has 0 unspecified atom stereocenters. The highest BCUT2D eigenvalue weighted by Gasteiger charge is 2.29. The van der Waals surface area contributed by atoms with E-state index in [2.05, 4.69) is 6.92 Å². The first-order valence-corrected chi connectivity index (χ1v) is 8.34. The molecule has 2 N–H and O–H groups in total. The van der Waals surface area contributed by atoms with Crippen LogP contribution >= 0.6 is 0 Å². The van der Waals surface area contributed by atoms with Crippen LogP contribution in [0.5, 0.6) is 5.75 Å². The lowest BCUT2D eigenvalue weighted by molar-refractivity contribution is 0.288. The molecule has 116 valence electrons. The molecule has 1 aliphatic rings. The van der Waals surface area contributed by atoms with E-state index in [4.69, 9.17) is 4.74 Å². The fourth-order valence-electron chi connectivity index (χ4n) is 2.45. The van der Waals surface area contributed by atoms with Crippen molar-refractivity contribution in [1.29, 1.82) is 0 Å². The second-order valence-electron chi connectivity index (χ2n) is 5.36. The molecule has 8 heteroatoms. The molecule has 0 atom stereocenters. The fourth-order valence-corrected chi connectivity index (χ4v) is 3.95. The van der Waals surface area contributed by atoms with E-state index in [9.17, 15) is 18.5 Å². The zero-order chi connectivity index (χ0) is 15.6. The standard InChI is InChI=1S/C13H20BNO5S/c1-10-5-7-15(8-6-10)21(18,19)11-3-4-13(20-2)12(9-11)14(16)17/h3-4,9-10,16-17H,5-8H2,1-2H3. The van der Waals surface area contributed by atoms with Crippen molar-refractivity contribution in [2.24, 2.45) is 5.92 Å². The molecule has 0 aliphatic carbocycles. The first-order chi connectivity index (χ1) is 9.86. The summed E-state index contributed by atoms with van der Waals surface area (Å²) in [6.07, 6.45) is 1.68. The molecule has 1 aliphatic heterocycles. The minimum absolute atomic E-state index is 0.0453. The van der Waals surface area contributed by atoms with E-state index in [1.54, 1.807) is 0 Å². The minimum atomic E-state index is -3.61. The maximum atomic E-state index is 12.6. The molecule has 21 heavy (non-hydrogen) atoms. The second kappa shape index (κ2) is 6.35. The number of benzene rings is 1. The van der Waals surface area contributed by atoms with Gasteiger partial charge >= 0.3 is 7.12 Å². The Kier molecular flexibility index (Phi) is 4.93. The monoisotopic (exact) mass is 313 g/mol. The molecule has 0 amide bonds. The van der Waals surface area contributed by atoms with Crippen LogP contribution in [0.15, 0.2) is 23.1 Å². The summed E-state index contributed by atoms with van der Waals surface area (Å²) in [6, 6.07) is 4.13. The molecule has 1 saturated heterocycles. The molecule has 0 saturated carbocycles. The van der Waals surface area contributed by atoms with Crippen molar-refractivity contribution in [2.45, 2.75) is 24.7 Å². The van der Waals surface area contributed by atoms with Crippen LogP contribution in [0.4, 0.5) is 0 Å². The van der Waals surface area contributed by atoms with Crippen molar-refractivity contribution in [3.63, 3.8) is 0 Å². The summed E-state index contributed by atoms with van der Waals surface area (Å²) < 4.78 is 31.6. The van der Waals surface area contributed by atoms with Crippen molar-refractivity contribution >= 4 is 22.6 Å². The van der Waals surface area contributed by atoms with Gasteiger partial charge < -0.3 is 14.8 Å². The largest absolute Gasteiger partial charge is 0.497 e. The van der Waals surface area contributed by atoms with Crippen molar-refractivity contribution in [3.8, 4) is 5.75 Å². The Morgan fingerprint density at radius 2 is 1.90 bits per heavy atom. The number of rotatable bonds is 4. The Labute approximate surface area is 125 Å². The van der Waals surface area contributed by atoms with Crippen molar-refractivity contribution in [1.82, 2.24) is 4.31 Å². The maximum absolute atomic E-state index is 12.6.